The van der Waals surface area contributed by atoms with Gasteiger partial charge in [-0.25, -0.2) is 4.98 Å². The molecule has 0 unspecified atom stereocenters. The van der Waals surface area contributed by atoms with Crippen LogP contribution in [0.5, 0.6) is 0 Å². The van der Waals surface area contributed by atoms with E-state index >= 15 is 0 Å². The first kappa shape index (κ1) is 13.4. The van der Waals surface area contributed by atoms with E-state index in [-0.39, 0.29) is 0 Å². The second-order valence-corrected chi connectivity index (χ2v) is 6.01. The number of nitrogens with zero attached hydrogens (tertiary/aromatic N) is 3. The van der Waals surface area contributed by atoms with Crippen LogP contribution in [-0.2, 0) is 12.8 Å². The van der Waals surface area contributed by atoms with Crippen LogP contribution in [0, 0.1) is 11.3 Å². The molecule has 1 fully saturated rings. The van der Waals surface area contributed by atoms with E-state index in [0.717, 1.165) is 30.8 Å². The number of nitriles is 1. The van der Waals surface area contributed by atoms with Crippen LogP contribution < -0.4 is 4.90 Å². The zero-order valence-corrected chi connectivity index (χ0v) is 12.4. The van der Waals surface area contributed by atoms with Gasteiger partial charge in [0.2, 0.25) is 0 Å². The molecule has 0 aliphatic heterocycles. The molecule has 1 aromatic rings. The normalized spacial score (nSPS) is 18.6. The smallest absolute Gasteiger partial charge is 0.147 e. The topological polar surface area (TPSA) is 39.9 Å². The summed E-state index contributed by atoms with van der Waals surface area (Å²) >= 11 is 0. The minimum Gasteiger partial charge on any atom is -0.353 e. The van der Waals surface area contributed by atoms with E-state index in [2.05, 4.69) is 24.0 Å². The zero-order chi connectivity index (χ0) is 13.9. The molecule has 20 heavy (non-hydrogen) atoms. The fraction of sp³-hybridized carbons (Fsp3) is 0.647. The Kier molecular flexibility index (Phi) is 3.91. The highest BCUT2D eigenvalue weighted by atomic mass is 15.2. The van der Waals surface area contributed by atoms with Crippen LogP contribution in [0.15, 0.2) is 6.07 Å². The maximum Gasteiger partial charge on any atom is 0.147 e. The number of rotatable bonds is 3. The molecule has 0 saturated heterocycles. The van der Waals surface area contributed by atoms with Gasteiger partial charge in [-0.15, -0.1) is 0 Å². The van der Waals surface area contributed by atoms with E-state index in [1.165, 1.54) is 49.8 Å². The standard InChI is InChI=1S/C17H23N3/c1-2-20(15-8-4-5-9-15)17-14(12-18)11-13-7-3-6-10-16(13)19-17/h11,15H,2-10H2,1H3. The van der Waals surface area contributed by atoms with E-state index < -0.39 is 0 Å². The van der Waals surface area contributed by atoms with E-state index in [9.17, 15) is 5.26 Å². The van der Waals surface area contributed by atoms with Gasteiger partial charge in [-0.1, -0.05) is 12.8 Å². The van der Waals surface area contributed by atoms with Gasteiger partial charge in [0.25, 0.3) is 0 Å². The van der Waals surface area contributed by atoms with E-state index in [4.69, 9.17) is 4.98 Å². The van der Waals surface area contributed by atoms with Crippen molar-refractivity contribution in [1.82, 2.24) is 4.98 Å². The Hall–Kier alpha value is -1.56. The first-order chi connectivity index (χ1) is 9.83. The summed E-state index contributed by atoms with van der Waals surface area (Å²) < 4.78 is 0. The molecule has 0 atom stereocenters. The Morgan fingerprint density at radius 1 is 1.25 bits per heavy atom. The highest BCUT2D eigenvalue weighted by molar-refractivity contribution is 5.57. The Morgan fingerprint density at radius 3 is 2.70 bits per heavy atom. The second kappa shape index (κ2) is 5.83. The summed E-state index contributed by atoms with van der Waals surface area (Å²) in [4.78, 5) is 7.28. The van der Waals surface area contributed by atoms with Crippen LogP contribution >= 0.6 is 0 Å². The molecule has 3 nitrogen and oxygen atoms in total. The third-order valence-corrected chi connectivity index (χ3v) is 4.78. The van der Waals surface area contributed by atoms with Crippen molar-refractivity contribution in [2.24, 2.45) is 0 Å². The first-order valence-electron chi connectivity index (χ1n) is 8.03. The lowest BCUT2D eigenvalue weighted by Crippen LogP contribution is -2.34. The van der Waals surface area contributed by atoms with Crippen LogP contribution in [0.25, 0.3) is 0 Å². The van der Waals surface area contributed by atoms with Gasteiger partial charge in [0, 0.05) is 18.3 Å². The second-order valence-electron chi connectivity index (χ2n) is 6.01. The molecule has 2 aliphatic rings. The van der Waals surface area contributed by atoms with Gasteiger partial charge in [0.05, 0.1) is 5.56 Å². The summed E-state index contributed by atoms with van der Waals surface area (Å²) in [7, 11) is 0. The van der Waals surface area contributed by atoms with E-state index in [0.29, 0.717) is 6.04 Å². The highest BCUT2D eigenvalue weighted by Crippen LogP contribution is 2.31. The van der Waals surface area contributed by atoms with Crippen LogP contribution in [0.2, 0.25) is 0 Å². The van der Waals surface area contributed by atoms with Gasteiger partial charge < -0.3 is 4.90 Å². The monoisotopic (exact) mass is 269 g/mol. The third kappa shape index (κ3) is 2.40. The molecule has 3 rings (SSSR count). The van der Waals surface area contributed by atoms with Crippen molar-refractivity contribution >= 4 is 5.82 Å². The Morgan fingerprint density at radius 2 is 2.00 bits per heavy atom. The molecule has 1 heterocycles. The summed E-state index contributed by atoms with van der Waals surface area (Å²) in [5.41, 5.74) is 3.32. The fourth-order valence-electron chi connectivity index (χ4n) is 3.72. The number of anilines is 1. The summed E-state index contributed by atoms with van der Waals surface area (Å²) in [5, 5.41) is 9.49. The molecule has 3 heteroatoms. The molecule has 2 aliphatic carbocycles. The van der Waals surface area contributed by atoms with Crippen molar-refractivity contribution in [3.8, 4) is 6.07 Å². The first-order valence-corrected chi connectivity index (χ1v) is 8.03. The van der Waals surface area contributed by atoms with Crippen LogP contribution in [-0.4, -0.2) is 17.6 Å². The lowest BCUT2D eigenvalue weighted by Gasteiger charge is -2.30. The van der Waals surface area contributed by atoms with Crippen molar-refractivity contribution in [3.63, 3.8) is 0 Å². The summed E-state index contributed by atoms with van der Waals surface area (Å²) in [5.74, 6) is 0.947. The Labute approximate surface area is 121 Å². The molecular formula is C17H23N3. The number of aromatic nitrogens is 1. The minimum absolute atomic E-state index is 0.584. The third-order valence-electron chi connectivity index (χ3n) is 4.78. The highest BCUT2D eigenvalue weighted by Gasteiger charge is 2.26. The number of pyridine rings is 1. The van der Waals surface area contributed by atoms with Crippen LogP contribution in [0.3, 0.4) is 0 Å². The molecule has 0 aromatic carbocycles. The lowest BCUT2D eigenvalue weighted by molar-refractivity contribution is 0.605. The van der Waals surface area contributed by atoms with Gasteiger partial charge in [-0.2, -0.15) is 5.26 Å². The van der Waals surface area contributed by atoms with Gasteiger partial charge in [0.1, 0.15) is 11.9 Å². The molecule has 0 radical (unpaired) electrons. The Balaban J connectivity index is 2.00. The van der Waals surface area contributed by atoms with E-state index in [1.54, 1.807) is 0 Å². The quantitative estimate of drug-likeness (QED) is 0.841. The van der Waals surface area contributed by atoms with Gasteiger partial charge >= 0.3 is 0 Å². The van der Waals surface area contributed by atoms with Crippen molar-refractivity contribution in [3.05, 3.63) is 22.9 Å². The summed E-state index contributed by atoms with van der Waals surface area (Å²) in [6.07, 6.45) is 9.76. The predicted octanol–water partition coefficient (Wildman–Crippen LogP) is 3.60. The van der Waals surface area contributed by atoms with Gasteiger partial charge in [0.15, 0.2) is 0 Å². The van der Waals surface area contributed by atoms with E-state index in [1.807, 2.05) is 0 Å². The Bertz CT molecular complexity index is 524. The summed E-state index contributed by atoms with van der Waals surface area (Å²) in [6, 6.07) is 5.07. The molecular weight excluding hydrogens is 246 g/mol. The van der Waals surface area contributed by atoms with Crippen molar-refractivity contribution < 1.29 is 0 Å². The van der Waals surface area contributed by atoms with Crippen molar-refractivity contribution in [1.29, 1.82) is 5.26 Å². The predicted molar refractivity (Wildman–Crippen MR) is 80.9 cm³/mol. The van der Waals surface area contributed by atoms with Crippen molar-refractivity contribution in [2.45, 2.75) is 64.3 Å². The van der Waals surface area contributed by atoms with Gasteiger partial charge in [-0.05, 0) is 57.1 Å². The number of hydrogen-bond donors (Lipinski definition) is 0. The number of fused-ring (bicyclic) bond motifs is 1. The average Bonchev–Trinajstić information content (AvgIpc) is 3.01. The number of hydrogen-bond acceptors (Lipinski definition) is 3. The zero-order valence-electron chi connectivity index (χ0n) is 12.4. The SMILES string of the molecule is CCN(c1nc2c(cc1C#N)CCCC2)C1CCCC1. The molecule has 0 bridgehead atoms. The van der Waals surface area contributed by atoms with Crippen molar-refractivity contribution in [2.75, 3.05) is 11.4 Å². The van der Waals surface area contributed by atoms with Crippen LogP contribution in [0.1, 0.15) is 62.3 Å². The molecule has 1 saturated carbocycles. The fourth-order valence-corrected chi connectivity index (χ4v) is 3.72. The molecule has 0 amide bonds. The lowest BCUT2D eigenvalue weighted by atomic mass is 9.94. The number of aryl methyl sites for hydroxylation is 2. The maximum absolute atomic E-state index is 9.49. The molecule has 1 aromatic heterocycles. The summed E-state index contributed by atoms with van der Waals surface area (Å²) in [6.45, 7) is 3.13. The largest absolute Gasteiger partial charge is 0.353 e. The van der Waals surface area contributed by atoms with Gasteiger partial charge in [-0.3, -0.25) is 0 Å². The molecule has 0 N–H and O–H groups in total. The molecule has 106 valence electrons. The average molecular weight is 269 g/mol. The van der Waals surface area contributed by atoms with Crippen LogP contribution in [0.4, 0.5) is 5.82 Å². The molecule has 0 spiro atoms. The minimum atomic E-state index is 0.584. The maximum atomic E-state index is 9.49.